The molecule has 2 aromatic carbocycles. The summed E-state index contributed by atoms with van der Waals surface area (Å²) in [7, 11) is 0. The average molecular weight is 345 g/mol. The Balaban J connectivity index is 2.28. The van der Waals surface area contributed by atoms with Gasteiger partial charge in [-0.25, -0.2) is 0 Å². The van der Waals surface area contributed by atoms with E-state index in [1.54, 1.807) is 24.3 Å². The zero-order chi connectivity index (χ0) is 17.0. The third kappa shape index (κ3) is 4.13. The summed E-state index contributed by atoms with van der Waals surface area (Å²) < 4.78 is 0. The second-order valence-corrected chi connectivity index (χ2v) is 5.85. The number of nitriles is 1. The van der Waals surface area contributed by atoms with Crippen molar-refractivity contribution in [2.45, 2.75) is 13.8 Å². The molecule has 0 aliphatic carbocycles. The van der Waals surface area contributed by atoms with Gasteiger partial charge < -0.3 is 5.32 Å². The average Bonchev–Trinajstić information content (AvgIpc) is 2.52. The van der Waals surface area contributed by atoms with Crippen molar-refractivity contribution in [3.05, 3.63) is 68.7 Å². The normalized spacial score (nSPS) is 11.0. The standard InChI is InChI=1S/C18H14Cl2N2O/c1-11-6-7-13(8-12(11)2)9-14(10-21)18(23)22-16-5-3-4-15(19)17(16)20/h3-9H,1-2H3,(H,22,23)/b14-9+. The summed E-state index contributed by atoms with van der Waals surface area (Å²) in [6.07, 6.45) is 1.54. The van der Waals surface area contributed by atoms with Crippen LogP contribution in [0.4, 0.5) is 5.69 Å². The lowest BCUT2D eigenvalue weighted by atomic mass is 10.0. The summed E-state index contributed by atoms with van der Waals surface area (Å²) in [6.45, 7) is 3.98. The summed E-state index contributed by atoms with van der Waals surface area (Å²) in [5.74, 6) is -0.533. The number of hydrogen-bond donors (Lipinski definition) is 1. The molecule has 0 unspecified atom stereocenters. The molecule has 0 saturated carbocycles. The molecule has 5 heteroatoms. The first-order chi connectivity index (χ1) is 10.9. The third-order valence-electron chi connectivity index (χ3n) is 3.41. The summed E-state index contributed by atoms with van der Waals surface area (Å²) in [5.41, 5.74) is 3.39. The highest BCUT2D eigenvalue weighted by Crippen LogP contribution is 2.29. The number of nitrogens with one attached hydrogen (secondary N) is 1. The van der Waals surface area contributed by atoms with E-state index in [0.717, 1.165) is 16.7 Å². The Morgan fingerprint density at radius 2 is 1.91 bits per heavy atom. The van der Waals surface area contributed by atoms with Crippen LogP contribution in [0.1, 0.15) is 16.7 Å². The maximum absolute atomic E-state index is 12.3. The van der Waals surface area contributed by atoms with Gasteiger partial charge in [-0.1, -0.05) is 47.5 Å². The molecule has 1 N–H and O–H groups in total. The molecule has 0 atom stereocenters. The first kappa shape index (κ1) is 17.1. The summed E-state index contributed by atoms with van der Waals surface area (Å²) in [6, 6.07) is 12.6. The summed E-state index contributed by atoms with van der Waals surface area (Å²) >= 11 is 11.9. The molecule has 0 heterocycles. The van der Waals surface area contributed by atoms with Gasteiger partial charge in [-0.15, -0.1) is 0 Å². The third-order valence-corrected chi connectivity index (χ3v) is 4.23. The SMILES string of the molecule is Cc1ccc(/C=C(\C#N)C(=O)Nc2cccc(Cl)c2Cl)cc1C. The molecule has 0 aliphatic heterocycles. The fourth-order valence-corrected chi connectivity index (χ4v) is 2.31. The van der Waals surface area contributed by atoms with Crippen LogP contribution >= 0.6 is 23.2 Å². The van der Waals surface area contributed by atoms with E-state index in [2.05, 4.69) is 5.32 Å². The van der Waals surface area contributed by atoms with Gasteiger partial charge in [0.05, 0.1) is 15.7 Å². The summed E-state index contributed by atoms with van der Waals surface area (Å²) in [4.78, 5) is 12.3. The summed E-state index contributed by atoms with van der Waals surface area (Å²) in [5, 5.41) is 12.4. The Bertz CT molecular complexity index is 835. The van der Waals surface area contributed by atoms with Crippen LogP contribution in [0.25, 0.3) is 6.08 Å². The predicted octanol–water partition coefficient (Wildman–Crippen LogP) is 5.16. The van der Waals surface area contributed by atoms with Crippen molar-refractivity contribution in [1.29, 1.82) is 5.26 Å². The van der Waals surface area contributed by atoms with E-state index < -0.39 is 5.91 Å². The van der Waals surface area contributed by atoms with Crippen molar-refractivity contribution in [2.75, 3.05) is 5.32 Å². The molecule has 1 amide bonds. The Hall–Kier alpha value is -2.28. The van der Waals surface area contributed by atoms with Gasteiger partial charge in [-0.05, 0) is 48.7 Å². The van der Waals surface area contributed by atoms with Gasteiger partial charge in [-0.2, -0.15) is 5.26 Å². The molecule has 0 spiro atoms. The van der Waals surface area contributed by atoms with Crippen molar-refractivity contribution in [3.8, 4) is 6.07 Å². The molecular formula is C18H14Cl2N2O. The molecule has 116 valence electrons. The predicted molar refractivity (Wildman–Crippen MR) is 94.6 cm³/mol. The molecule has 2 aromatic rings. The minimum atomic E-state index is -0.533. The molecule has 0 aromatic heterocycles. The first-order valence-electron chi connectivity index (χ1n) is 6.87. The van der Waals surface area contributed by atoms with Gasteiger partial charge in [0.25, 0.3) is 5.91 Å². The van der Waals surface area contributed by atoms with Crippen molar-refractivity contribution in [1.82, 2.24) is 0 Å². The number of carbonyl (C=O) groups excluding carboxylic acids is 1. The van der Waals surface area contributed by atoms with Crippen molar-refractivity contribution >= 4 is 40.9 Å². The van der Waals surface area contributed by atoms with Gasteiger partial charge in [0.1, 0.15) is 11.6 Å². The van der Waals surface area contributed by atoms with Crippen molar-refractivity contribution < 1.29 is 4.79 Å². The van der Waals surface area contributed by atoms with E-state index in [0.29, 0.717) is 10.7 Å². The second kappa shape index (κ2) is 7.32. The number of halogens is 2. The molecule has 0 radical (unpaired) electrons. The lowest BCUT2D eigenvalue weighted by Gasteiger charge is -2.08. The van der Waals surface area contributed by atoms with E-state index in [9.17, 15) is 10.1 Å². The molecule has 0 bridgehead atoms. The molecule has 0 saturated heterocycles. The van der Waals surface area contributed by atoms with Gasteiger partial charge in [0, 0.05) is 0 Å². The van der Waals surface area contributed by atoms with E-state index in [1.165, 1.54) is 0 Å². The number of hydrogen-bond acceptors (Lipinski definition) is 2. The zero-order valence-electron chi connectivity index (χ0n) is 12.7. The highest BCUT2D eigenvalue weighted by Gasteiger charge is 2.12. The fourth-order valence-electron chi connectivity index (χ4n) is 1.96. The lowest BCUT2D eigenvalue weighted by Crippen LogP contribution is -2.13. The minimum Gasteiger partial charge on any atom is -0.320 e. The van der Waals surface area contributed by atoms with Gasteiger partial charge in [0.2, 0.25) is 0 Å². The molecule has 2 rings (SSSR count). The maximum Gasteiger partial charge on any atom is 0.266 e. The Morgan fingerprint density at radius 1 is 1.17 bits per heavy atom. The zero-order valence-corrected chi connectivity index (χ0v) is 14.2. The number of nitrogens with zero attached hydrogens (tertiary/aromatic N) is 1. The lowest BCUT2D eigenvalue weighted by molar-refractivity contribution is -0.112. The smallest absolute Gasteiger partial charge is 0.266 e. The fraction of sp³-hybridized carbons (Fsp3) is 0.111. The highest BCUT2D eigenvalue weighted by molar-refractivity contribution is 6.44. The van der Waals surface area contributed by atoms with Crippen LogP contribution in [0.5, 0.6) is 0 Å². The number of carbonyl (C=O) groups is 1. The topological polar surface area (TPSA) is 52.9 Å². The first-order valence-corrected chi connectivity index (χ1v) is 7.62. The van der Waals surface area contributed by atoms with E-state index in [1.807, 2.05) is 38.1 Å². The molecule has 0 fully saturated rings. The monoisotopic (exact) mass is 344 g/mol. The van der Waals surface area contributed by atoms with Crippen LogP contribution in [0.15, 0.2) is 42.0 Å². The van der Waals surface area contributed by atoms with Crippen LogP contribution in [0, 0.1) is 25.2 Å². The number of anilines is 1. The second-order valence-electron chi connectivity index (χ2n) is 5.07. The quantitative estimate of drug-likeness (QED) is 0.617. The van der Waals surface area contributed by atoms with E-state index in [-0.39, 0.29) is 10.6 Å². The highest BCUT2D eigenvalue weighted by atomic mass is 35.5. The number of rotatable bonds is 3. The molecule has 23 heavy (non-hydrogen) atoms. The van der Waals surface area contributed by atoms with Gasteiger partial charge in [-0.3, -0.25) is 4.79 Å². The van der Waals surface area contributed by atoms with Crippen molar-refractivity contribution in [3.63, 3.8) is 0 Å². The number of amides is 1. The Labute approximate surface area is 145 Å². The van der Waals surface area contributed by atoms with Crippen LogP contribution in [-0.4, -0.2) is 5.91 Å². The number of benzene rings is 2. The molecule has 3 nitrogen and oxygen atoms in total. The number of aryl methyl sites for hydroxylation is 2. The van der Waals surface area contributed by atoms with E-state index >= 15 is 0 Å². The van der Waals surface area contributed by atoms with Gasteiger partial charge >= 0.3 is 0 Å². The largest absolute Gasteiger partial charge is 0.320 e. The van der Waals surface area contributed by atoms with Crippen LogP contribution in [0.2, 0.25) is 10.0 Å². The van der Waals surface area contributed by atoms with Crippen LogP contribution in [-0.2, 0) is 4.79 Å². The maximum atomic E-state index is 12.3. The Morgan fingerprint density at radius 3 is 2.57 bits per heavy atom. The van der Waals surface area contributed by atoms with Crippen molar-refractivity contribution in [2.24, 2.45) is 0 Å². The minimum absolute atomic E-state index is 0.00991. The molecule has 0 aliphatic rings. The van der Waals surface area contributed by atoms with Gasteiger partial charge in [0.15, 0.2) is 0 Å². The Kier molecular flexibility index (Phi) is 5.44. The van der Waals surface area contributed by atoms with E-state index in [4.69, 9.17) is 23.2 Å². The van der Waals surface area contributed by atoms with Crippen LogP contribution in [0.3, 0.4) is 0 Å². The van der Waals surface area contributed by atoms with Crippen LogP contribution < -0.4 is 5.32 Å². The molecular weight excluding hydrogens is 331 g/mol.